The molecule has 2 atom stereocenters. The van der Waals surface area contributed by atoms with Crippen LogP contribution in [0.15, 0.2) is 83.8 Å². The van der Waals surface area contributed by atoms with Gasteiger partial charge in [0.05, 0.1) is 23.8 Å². The second-order valence-corrected chi connectivity index (χ2v) is 8.91. The van der Waals surface area contributed by atoms with Crippen LogP contribution in [0.25, 0.3) is 11.1 Å². The minimum Gasteiger partial charge on any atom is -0.467 e. The van der Waals surface area contributed by atoms with E-state index in [4.69, 9.17) is 4.74 Å². The van der Waals surface area contributed by atoms with Gasteiger partial charge < -0.3 is 10.1 Å². The molecule has 1 aliphatic rings. The maximum Gasteiger partial charge on any atom is 0.328 e. The Kier molecular flexibility index (Phi) is 6.28. The van der Waals surface area contributed by atoms with Crippen LogP contribution in [0.3, 0.4) is 0 Å². The number of carbonyl (C=O) groups excluding carboxylic acids is 2. The van der Waals surface area contributed by atoms with E-state index < -0.39 is 28.7 Å². The van der Waals surface area contributed by atoms with Crippen LogP contribution in [-0.4, -0.2) is 35.0 Å². The maximum atomic E-state index is 13.3. The number of methoxy groups -OCH3 is 1. The van der Waals surface area contributed by atoms with E-state index in [0.717, 1.165) is 22.3 Å². The van der Waals surface area contributed by atoms with Crippen molar-refractivity contribution in [1.82, 2.24) is 5.32 Å². The Balaban J connectivity index is 1.53. The fraction of sp³-hybridized carbons (Fsp3) is 0.200. The SMILES string of the molecule is COC(=O)[C@H](CC[S@](=O)c1ccccc1)NC(=O)C1c2ccccc2-c2ccccc21. The van der Waals surface area contributed by atoms with E-state index in [1.807, 2.05) is 66.7 Å². The minimum atomic E-state index is -1.27. The van der Waals surface area contributed by atoms with Crippen LogP contribution < -0.4 is 5.32 Å². The van der Waals surface area contributed by atoms with Crippen molar-refractivity contribution in [3.05, 3.63) is 90.0 Å². The van der Waals surface area contributed by atoms with E-state index >= 15 is 0 Å². The summed E-state index contributed by atoms with van der Waals surface area (Å²) in [5.41, 5.74) is 3.88. The van der Waals surface area contributed by atoms with Gasteiger partial charge in [-0.25, -0.2) is 4.79 Å². The van der Waals surface area contributed by atoms with Crippen LogP contribution >= 0.6 is 0 Å². The van der Waals surface area contributed by atoms with E-state index in [2.05, 4.69) is 5.32 Å². The molecule has 31 heavy (non-hydrogen) atoms. The summed E-state index contributed by atoms with van der Waals surface area (Å²) in [4.78, 5) is 26.4. The standard InChI is InChI=1S/C25H23NO4S/c1-30-25(28)22(15-16-31(29)17-9-3-2-4-10-17)26-24(27)23-20-13-7-5-11-18(20)19-12-6-8-14-21(19)23/h2-14,22-23H,15-16H2,1H3,(H,26,27)/t22-,31-/m0/s1. The molecule has 3 aromatic rings. The van der Waals surface area contributed by atoms with Crippen LogP contribution in [-0.2, 0) is 25.1 Å². The minimum absolute atomic E-state index is 0.218. The third kappa shape index (κ3) is 4.30. The smallest absolute Gasteiger partial charge is 0.328 e. The van der Waals surface area contributed by atoms with Crippen molar-refractivity contribution in [3.8, 4) is 11.1 Å². The number of ether oxygens (including phenoxy) is 1. The van der Waals surface area contributed by atoms with Gasteiger partial charge in [0, 0.05) is 10.6 Å². The van der Waals surface area contributed by atoms with Crippen molar-refractivity contribution >= 4 is 22.7 Å². The Bertz CT molecular complexity index is 1080. The van der Waals surface area contributed by atoms with E-state index in [-0.39, 0.29) is 18.1 Å². The average molecular weight is 434 g/mol. The zero-order valence-electron chi connectivity index (χ0n) is 17.1. The molecule has 5 nitrogen and oxygen atoms in total. The van der Waals surface area contributed by atoms with Gasteiger partial charge in [-0.05, 0) is 40.8 Å². The summed E-state index contributed by atoms with van der Waals surface area (Å²) >= 11 is 0. The molecule has 4 rings (SSSR count). The Labute approximate surface area is 183 Å². The van der Waals surface area contributed by atoms with Crippen molar-refractivity contribution < 1.29 is 18.5 Å². The molecule has 0 aliphatic heterocycles. The normalized spacial score (nSPS) is 14.2. The lowest BCUT2D eigenvalue weighted by molar-refractivity contribution is -0.145. The quantitative estimate of drug-likeness (QED) is 0.578. The molecule has 0 radical (unpaired) electrons. The number of fused-ring (bicyclic) bond motifs is 3. The molecule has 0 saturated heterocycles. The average Bonchev–Trinajstić information content (AvgIpc) is 3.16. The predicted octanol–water partition coefficient (Wildman–Crippen LogP) is 3.65. The van der Waals surface area contributed by atoms with Gasteiger partial charge in [0.2, 0.25) is 5.91 Å². The molecule has 0 fully saturated rings. The monoisotopic (exact) mass is 433 g/mol. The Morgan fingerprint density at radius 2 is 1.45 bits per heavy atom. The highest BCUT2D eigenvalue weighted by atomic mass is 32.2. The van der Waals surface area contributed by atoms with E-state index in [1.165, 1.54) is 7.11 Å². The summed E-state index contributed by atoms with van der Waals surface area (Å²) in [6.07, 6.45) is 0.218. The number of nitrogens with one attached hydrogen (secondary N) is 1. The lowest BCUT2D eigenvalue weighted by Crippen LogP contribution is -2.44. The van der Waals surface area contributed by atoms with Gasteiger partial charge in [0.25, 0.3) is 0 Å². The molecule has 1 aliphatic carbocycles. The second-order valence-electron chi connectivity index (χ2n) is 7.34. The summed E-state index contributed by atoms with van der Waals surface area (Å²) in [7, 11) is 0.0167. The van der Waals surface area contributed by atoms with Crippen LogP contribution in [0.5, 0.6) is 0 Å². The molecule has 0 bridgehead atoms. The molecule has 1 amide bonds. The van der Waals surface area contributed by atoms with E-state index in [1.54, 1.807) is 12.1 Å². The number of rotatable bonds is 7. The fourth-order valence-corrected chi connectivity index (χ4v) is 5.15. The van der Waals surface area contributed by atoms with Crippen LogP contribution in [0.4, 0.5) is 0 Å². The fourth-order valence-electron chi connectivity index (χ4n) is 4.00. The molecule has 0 aromatic heterocycles. The topological polar surface area (TPSA) is 72.5 Å². The summed E-state index contributed by atoms with van der Waals surface area (Å²) in [6, 6.07) is 23.8. The summed E-state index contributed by atoms with van der Waals surface area (Å²) in [5, 5.41) is 2.85. The van der Waals surface area contributed by atoms with Gasteiger partial charge in [0.1, 0.15) is 6.04 Å². The summed E-state index contributed by atoms with van der Waals surface area (Å²) in [6.45, 7) is 0. The van der Waals surface area contributed by atoms with Gasteiger partial charge in [-0.1, -0.05) is 66.7 Å². The molecule has 1 N–H and O–H groups in total. The van der Waals surface area contributed by atoms with Gasteiger partial charge in [-0.2, -0.15) is 0 Å². The lowest BCUT2D eigenvalue weighted by Gasteiger charge is -2.20. The van der Waals surface area contributed by atoms with Crippen molar-refractivity contribution in [3.63, 3.8) is 0 Å². The van der Waals surface area contributed by atoms with E-state index in [9.17, 15) is 13.8 Å². The maximum absolute atomic E-state index is 13.3. The lowest BCUT2D eigenvalue weighted by atomic mass is 9.95. The highest BCUT2D eigenvalue weighted by molar-refractivity contribution is 7.85. The molecule has 158 valence electrons. The Morgan fingerprint density at radius 3 is 2.03 bits per heavy atom. The zero-order chi connectivity index (χ0) is 21.8. The Hall–Kier alpha value is -3.25. The molecular weight excluding hydrogens is 410 g/mol. The first-order valence-corrected chi connectivity index (χ1v) is 11.4. The predicted molar refractivity (Wildman–Crippen MR) is 120 cm³/mol. The first-order chi connectivity index (χ1) is 15.1. The number of hydrogen-bond donors (Lipinski definition) is 1. The van der Waals surface area contributed by atoms with Crippen molar-refractivity contribution in [2.45, 2.75) is 23.3 Å². The molecule has 0 saturated carbocycles. The molecule has 0 heterocycles. The third-order valence-electron chi connectivity index (χ3n) is 5.50. The third-order valence-corrected chi connectivity index (χ3v) is 6.90. The van der Waals surface area contributed by atoms with Gasteiger partial charge in [-0.3, -0.25) is 9.00 Å². The summed E-state index contributed by atoms with van der Waals surface area (Å²) < 4.78 is 17.5. The highest BCUT2D eigenvalue weighted by Crippen LogP contribution is 2.44. The number of hydrogen-bond acceptors (Lipinski definition) is 4. The first kappa shape index (κ1) is 21.0. The number of carbonyl (C=O) groups is 2. The van der Waals surface area contributed by atoms with Crippen LogP contribution in [0.1, 0.15) is 23.5 Å². The second kappa shape index (κ2) is 9.27. The van der Waals surface area contributed by atoms with E-state index in [0.29, 0.717) is 4.90 Å². The zero-order valence-corrected chi connectivity index (χ0v) is 17.9. The Morgan fingerprint density at radius 1 is 0.903 bits per heavy atom. The molecular formula is C25H23NO4S. The van der Waals surface area contributed by atoms with Crippen molar-refractivity contribution in [2.24, 2.45) is 0 Å². The molecule has 6 heteroatoms. The van der Waals surface area contributed by atoms with Crippen LogP contribution in [0, 0.1) is 0 Å². The van der Waals surface area contributed by atoms with Crippen molar-refractivity contribution in [1.29, 1.82) is 0 Å². The highest BCUT2D eigenvalue weighted by Gasteiger charge is 2.35. The van der Waals surface area contributed by atoms with Gasteiger partial charge >= 0.3 is 5.97 Å². The number of esters is 1. The van der Waals surface area contributed by atoms with Gasteiger partial charge in [0.15, 0.2) is 0 Å². The number of amides is 1. The number of benzene rings is 3. The molecule has 0 unspecified atom stereocenters. The first-order valence-electron chi connectivity index (χ1n) is 10.1. The van der Waals surface area contributed by atoms with Crippen LogP contribution in [0.2, 0.25) is 0 Å². The molecule has 0 spiro atoms. The molecule has 3 aromatic carbocycles. The summed E-state index contributed by atoms with van der Waals surface area (Å²) in [5.74, 6) is -1.07. The van der Waals surface area contributed by atoms with Gasteiger partial charge in [-0.15, -0.1) is 0 Å². The van der Waals surface area contributed by atoms with Crippen molar-refractivity contribution in [2.75, 3.05) is 12.9 Å². The largest absolute Gasteiger partial charge is 0.467 e.